The fraction of sp³-hybridized carbons (Fsp3) is 0.375. The van der Waals surface area contributed by atoms with Gasteiger partial charge in [-0.25, -0.2) is 9.18 Å². The summed E-state index contributed by atoms with van der Waals surface area (Å²) in [6, 6.07) is 11.4. The molecule has 4 N–H and O–H groups in total. The number of benzene rings is 2. The Labute approximate surface area is 188 Å². The molecule has 0 aliphatic carbocycles. The summed E-state index contributed by atoms with van der Waals surface area (Å²) in [7, 11) is 0. The number of carbonyl (C=O) groups is 3. The molecule has 0 spiro atoms. The Morgan fingerprint density at radius 2 is 1.50 bits per heavy atom. The van der Waals surface area contributed by atoms with Crippen molar-refractivity contribution in [1.82, 2.24) is 10.6 Å². The highest BCUT2D eigenvalue weighted by Gasteiger charge is 2.20. The first-order valence-corrected chi connectivity index (χ1v) is 10.8. The molecule has 0 aliphatic heterocycles. The van der Waals surface area contributed by atoms with E-state index >= 15 is 0 Å². The maximum absolute atomic E-state index is 13.0. The number of rotatable bonds is 10. The van der Waals surface area contributed by atoms with Gasteiger partial charge in [-0.05, 0) is 54.3 Å². The van der Waals surface area contributed by atoms with Gasteiger partial charge in [0.2, 0.25) is 11.8 Å². The Morgan fingerprint density at radius 1 is 0.906 bits per heavy atom. The number of halogens is 1. The molecule has 8 heteroatoms. The van der Waals surface area contributed by atoms with Gasteiger partial charge in [0.1, 0.15) is 11.9 Å². The van der Waals surface area contributed by atoms with E-state index in [1.165, 1.54) is 12.1 Å². The summed E-state index contributed by atoms with van der Waals surface area (Å²) in [5.41, 5.74) is 1.96. The quantitative estimate of drug-likeness (QED) is 0.438. The van der Waals surface area contributed by atoms with Crippen LogP contribution < -0.4 is 21.3 Å². The molecular formula is C24H31FN4O3. The van der Waals surface area contributed by atoms with Crippen molar-refractivity contribution in [2.45, 2.75) is 52.6 Å². The molecule has 1 unspecified atom stereocenters. The molecule has 32 heavy (non-hydrogen) atoms. The summed E-state index contributed by atoms with van der Waals surface area (Å²) in [5, 5.41) is 11.0. The fourth-order valence-electron chi connectivity index (χ4n) is 3.00. The van der Waals surface area contributed by atoms with E-state index in [-0.39, 0.29) is 30.1 Å². The summed E-state index contributed by atoms with van der Waals surface area (Å²) < 4.78 is 13.0. The third kappa shape index (κ3) is 8.75. The molecule has 0 saturated carbocycles. The minimum atomic E-state index is -0.710. The highest BCUT2D eigenvalue weighted by Crippen LogP contribution is 2.15. The van der Waals surface area contributed by atoms with Gasteiger partial charge in [-0.15, -0.1) is 0 Å². The lowest BCUT2D eigenvalue weighted by Gasteiger charge is -2.18. The molecule has 0 bridgehead atoms. The van der Waals surface area contributed by atoms with Crippen LogP contribution in [0, 0.1) is 11.7 Å². The largest absolute Gasteiger partial charge is 0.334 e. The minimum Gasteiger partial charge on any atom is -0.334 e. The van der Waals surface area contributed by atoms with Crippen LogP contribution in [0.5, 0.6) is 0 Å². The van der Waals surface area contributed by atoms with E-state index in [2.05, 4.69) is 21.3 Å². The van der Waals surface area contributed by atoms with Gasteiger partial charge in [-0.3, -0.25) is 9.59 Å². The van der Waals surface area contributed by atoms with Crippen molar-refractivity contribution in [2.75, 3.05) is 10.6 Å². The molecule has 0 aromatic heterocycles. The van der Waals surface area contributed by atoms with Crippen LogP contribution in [0.4, 0.5) is 20.6 Å². The lowest BCUT2D eigenvalue weighted by molar-refractivity contribution is -0.118. The molecule has 1 atom stereocenters. The first-order valence-electron chi connectivity index (χ1n) is 10.8. The topological polar surface area (TPSA) is 99.3 Å². The van der Waals surface area contributed by atoms with Crippen molar-refractivity contribution in [3.05, 3.63) is 59.9 Å². The monoisotopic (exact) mass is 442 g/mol. The summed E-state index contributed by atoms with van der Waals surface area (Å²) >= 11 is 0. The van der Waals surface area contributed by atoms with Crippen molar-refractivity contribution < 1.29 is 18.8 Å². The summed E-state index contributed by atoms with van der Waals surface area (Å²) in [6.07, 6.45) is 1.61. The molecule has 4 amide bonds. The normalized spacial score (nSPS) is 11.5. The van der Waals surface area contributed by atoms with Crippen LogP contribution in [-0.2, 0) is 16.1 Å². The van der Waals surface area contributed by atoms with E-state index in [0.717, 1.165) is 5.56 Å². The first kappa shape index (κ1) is 24.8. The van der Waals surface area contributed by atoms with Gasteiger partial charge in [0.15, 0.2) is 0 Å². The molecule has 2 aromatic carbocycles. The zero-order chi connectivity index (χ0) is 23.5. The lowest BCUT2D eigenvalue weighted by atomic mass is 10.1. The Bertz CT molecular complexity index is 898. The summed E-state index contributed by atoms with van der Waals surface area (Å²) in [4.78, 5) is 36.8. The maximum atomic E-state index is 13.0. The van der Waals surface area contributed by atoms with Crippen LogP contribution in [0.2, 0.25) is 0 Å². The predicted molar refractivity (Wildman–Crippen MR) is 124 cm³/mol. The number of nitrogens with one attached hydrogen (secondary N) is 4. The van der Waals surface area contributed by atoms with Crippen molar-refractivity contribution in [3.63, 3.8) is 0 Å². The van der Waals surface area contributed by atoms with Crippen LogP contribution >= 0.6 is 0 Å². The maximum Gasteiger partial charge on any atom is 0.315 e. The summed E-state index contributed by atoms with van der Waals surface area (Å²) in [5.74, 6) is -0.468. The van der Waals surface area contributed by atoms with E-state index in [0.29, 0.717) is 30.6 Å². The Morgan fingerprint density at radius 3 is 2.06 bits per heavy atom. The average Bonchev–Trinajstić information content (AvgIpc) is 2.74. The zero-order valence-electron chi connectivity index (χ0n) is 18.7. The smallest absolute Gasteiger partial charge is 0.315 e. The standard InChI is InChI=1S/C24H31FN4O3/c1-4-5-21(29-24(32)26-15-17-6-8-18(25)9-7-17)23(31)28-20-12-10-19(11-13-20)27-22(30)14-16(2)3/h6-13,16,21H,4-5,14-15H2,1-3H3,(H,27,30)(H,28,31)(H2,26,29,32). The molecule has 0 heterocycles. The number of urea groups is 1. The molecule has 0 saturated heterocycles. The fourth-order valence-corrected chi connectivity index (χ4v) is 3.00. The summed E-state index contributed by atoms with van der Waals surface area (Å²) in [6.45, 7) is 6.09. The molecular weight excluding hydrogens is 411 g/mol. The molecule has 2 rings (SSSR count). The van der Waals surface area contributed by atoms with Crippen LogP contribution in [-0.4, -0.2) is 23.9 Å². The van der Waals surface area contributed by atoms with Gasteiger partial charge < -0.3 is 21.3 Å². The van der Waals surface area contributed by atoms with Crippen molar-refractivity contribution >= 4 is 29.2 Å². The van der Waals surface area contributed by atoms with E-state index in [1.54, 1.807) is 36.4 Å². The highest BCUT2D eigenvalue weighted by atomic mass is 19.1. The Balaban J connectivity index is 1.88. The van der Waals surface area contributed by atoms with E-state index < -0.39 is 12.1 Å². The third-order valence-corrected chi connectivity index (χ3v) is 4.60. The molecule has 0 radical (unpaired) electrons. The SMILES string of the molecule is CCCC(NC(=O)NCc1ccc(F)cc1)C(=O)Nc1ccc(NC(=O)CC(C)C)cc1. The third-order valence-electron chi connectivity index (χ3n) is 4.60. The number of hydrogen-bond acceptors (Lipinski definition) is 3. The highest BCUT2D eigenvalue weighted by molar-refractivity contribution is 5.97. The van der Waals surface area contributed by atoms with E-state index in [1.807, 2.05) is 20.8 Å². The molecule has 0 fully saturated rings. The van der Waals surface area contributed by atoms with Gasteiger partial charge in [0.05, 0.1) is 0 Å². The van der Waals surface area contributed by atoms with Gasteiger partial charge in [0.25, 0.3) is 0 Å². The van der Waals surface area contributed by atoms with Crippen molar-refractivity contribution in [2.24, 2.45) is 5.92 Å². The number of hydrogen-bond donors (Lipinski definition) is 4. The second-order valence-corrected chi connectivity index (χ2v) is 8.01. The Hall–Kier alpha value is -3.42. The van der Waals surface area contributed by atoms with E-state index in [4.69, 9.17) is 0 Å². The molecule has 2 aromatic rings. The van der Waals surface area contributed by atoms with Crippen molar-refractivity contribution in [1.29, 1.82) is 0 Å². The molecule has 7 nitrogen and oxygen atoms in total. The minimum absolute atomic E-state index is 0.0596. The van der Waals surface area contributed by atoms with E-state index in [9.17, 15) is 18.8 Å². The van der Waals surface area contributed by atoms with Crippen LogP contribution in [0.25, 0.3) is 0 Å². The lowest BCUT2D eigenvalue weighted by Crippen LogP contribution is -2.47. The van der Waals surface area contributed by atoms with Crippen molar-refractivity contribution in [3.8, 4) is 0 Å². The molecule has 0 aliphatic rings. The number of amides is 4. The van der Waals surface area contributed by atoms with Gasteiger partial charge in [-0.1, -0.05) is 39.3 Å². The average molecular weight is 443 g/mol. The van der Waals surface area contributed by atoms with Gasteiger partial charge in [-0.2, -0.15) is 0 Å². The second kappa shape index (κ2) is 12.4. The van der Waals surface area contributed by atoms with Gasteiger partial charge >= 0.3 is 6.03 Å². The zero-order valence-corrected chi connectivity index (χ0v) is 18.7. The van der Waals surface area contributed by atoms with Crippen LogP contribution in [0.3, 0.4) is 0 Å². The number of anilines is 2. The van der Waals surface area contributed by atoms with Gasteiger partial charge in [0, 0.05) is 24.3 Å². The van der Waals surface area contributed by atoms with Crippen LogP contribution in [0.15, 0.2) is 48.5 Å². The first-order chi connectivity index (χ1) is 15.3. The predicted octanol–water partition coefficient (Wildman–Crippen LogP) is 4.42. The molecule has 172 valence electrons. The second-order valence-electron chi connectivity index (χ2n) is 8.01. The van der Waals surface area contributed by atoms with Crippen LogP contribution in [0.1, 0.15) is 45.6 Å². The number of carbonyl (C=O) groups excluding carboxylic acids is 3. The Kier molecular flexibility index (Phi) is 9.66.